The Balaban J connectivity index is 2.62. The topological polar surface area (TPSA) is 138 Å². The lowest BCUT2D eigenvalue weighted by Crippen LogP contribution is -2.33. The number of nitrogens with zero attached hydrogens (tertiary/aromatic N) is 5. The van der Waals surface area contributed by atoms with Crippen LogP contribution in [-0.4, -0.2) is 50.4 Å². The van der Waals surface area contributed by atoms with E-state index in [4.69, 9.17) is 9.68 Å². The van der Waals surface area contributed by atoms with E-state index in [1.54, 1.807) is 6.92 Å². The molecule has 0 saturated carbocycles. The van der Waals surface area contributed by atoms with Gasteiger partial charge in [0.25, 0.3) is 0 Å². The van der Waals surface area contributed by atoms with E-state index >= 15 is 0 Å². The highest BCUT2D eigenvalue weighted by molar-refractivity contribution is 5.84. The van der Waals surface area contributed by atoms with Crippen molar-refractivity contribution in [1.82, 2.24) is 15.0 Å². The molecule has 254 valence electrons. The lowest BCUT2D eigenvalue weighted by atomic mass is 9.81. The molecule has 46 heavy (non-hydrogen) atoms. The van der Waals surface area contributed by atoms with Crippen LogP contribution < -0.4 is 10.1 Å². The van der Waals surface area contributed by atoms with E-state index < -0.39 is 24.3 Å². The first-order valence-electron chi connectivity index (χ1n) is 16.7. The lowest BCUT2D eigenvalue weighted by molar-refractivity contribution is -0.167. The fraction of sp³-hybridized carbons (Fsp3) is 0.571. The second-order valence-corrected chi connectivity index (χ2v) is 11.4. The van der Waals surface area contributed by atoms with Crippen LogP contribution in [0.4, 0.5) is 11.9 Å². The molecule has 0 bridgehead atoms. The molecule has 0 aliphatic carbocycles. The summed E-state index contributed by atoms with van der Waals surface area (Å²) in [6, 6.07) is 7.42. The van der Waals surface area contributed by atoms with E-state index in [2.05, 4.69) is 42.0 Å². The van der Waals surface area contributed by atoms with Crippen LogP contribution in [0.5, 0.6) is 0 Å². The molecular weight excluding hydrogens is 586 g/mol. The Morgan fingerprint density at radius 3 is 1.78 bits per heavy atom. The third-order valence-electron chi connectivity index (χ3n) is 7.85. The Labute approximate surface area is 274 Å². The van der Waals surface area contributed by atoms with Crippen molar-refractivity contribution in [3.05, 3.63) is 55.1 Å². The molecule has 0 aliphatic rings. The summed E-state index contributed by atoms with van der Waals surface area (Å²) in [7, 11) is 0. The van der Waals surface area contributed by atoms with E-state index in [0.29, 0.717) is 35.7 Å². The molecule has 2 rings (SSSR count). The maximum atomic E-state index is 12.4. The van der Waals surface area contributed by atoms with Gasteiger partial charge in [0, 0.05) is 29.5 Å². The van der Waals surface area contributed by atoms with Gasteiger partial charge in [-0.05, 0) is 25.3 Å². The van der Waals surface area contributed by atoms with Crippen LogP contribution in [0.1, 0.15) is 116 Å². The Hall–Kier alpha value is -3.83. The molecule has 0 fully saturated rings. The van der Waals surface area contributed by atoms with Crippen LogP contribution >= 0.6 is 0 Å². The molecule has 1 heterocycles. The average molecular weight is 640 g/mol. The third-order valence-corrected chi connectivity index (χ3v) is 7.85. The normalized spacial score (nSPS) is 11.2. The molecule has 2 aromatic rings. The lowest BCUT2D eigenvalue weighted by Gasteiger charge is -2.31. The first-order chi connectivity index (χ1) is 22.3. The third kappa shape index (κ3) is 12.2. The minimum Gasteiger partial charge on any atom is -0.385 e. The SMILES string of the molecule is C=CC(=O)ON(OC(=O)C=C)c1nc(-c2ccccc2C(O)(CCCCCCCC)CCCCCCCC)nc(N(CC)CO)n1. The van der Waals surface area contributed by atoms with Crippen LogP contribution in [-0.2, 0) is 24.9 Å². The summed E-state index contributed by atoms with van der Waals surface area (Å²) in [4.78, 5) is 49.5. The maximum absolute atomic E-state index is 12.4. The molecular formula is C35H53N5O6. The van der Waals surface area contributed by atoms with Crippen LogP contribution in [0.25, 0.3) is 11.4 Å². The second kappa shape index (κ2) is 21.1. The zero-order valence-corrected chi connectivity index (χ0v) is 28.0. The van der Waals surface area contributed by atoms with Gasteiger partial charge in [-0.1, -0.05) is 128 Å². The van der Waals surface area contributed by atoms with Gasteiger partial charge in [0.05, 0.1) is 5.60 Å². The molecule has 0 spiro atoms. The minimum absolute atomic E-state index is 0.0458. The molecule has 0 aliphatic heterocycles. The van der Waals surface area contributed by atoms with Gasteiger partial charge in [-0.25, -0.2) is 9.59 Å². The standard InChI is InChI=1S/C35H53N5O6/c1-6-11-13-15-17-21-25-35(44,26-22-18-16-14-12-7-2)29-24-20-19-23-28(29)32-36-33(39(10-5)27-41)38-34(37-32)40(45-30(42)8-3)46-31(43)9-4/h8-9,19-20,23-24,41,44H,3-4,6-7,10-18,21-22,25-27H2,1-2,5H3. The quantitative estimate of drug-likeness (QED) is 0.0526. The largest absolute Gasteiger partial charge is 0.385 e. The Kier molecular flexibility index (Phi) is 17.6. The van der Waals surface area contributed by atoms with Crippen molar-refractivity contribution in [3.63, 3.8) is 0 Å². The van der Waals surface area contributed by atoms with E-state index in [1.807, 2.05) is 24.3 Å². The van der Waals surface area contributed by atoms with Crippen LogP contribution in [0.2, 0.25) is 0 Å². The molecule has 0 unspecified atom stereocenters. The van der Waals surface area contributed by atoms with E-state index in [-0.39, 0.29) is 17.7 Å². The van der Waals surface area contributed by atoms with Gasteiger partial charge in [-0.15, -0.1) is 0 Å². The molecule has 0 radical (unpaired) electrons. The molecule has 0 amide bonds. The number of hydrogen-bond acceptors (Lipinski definition) is 11. The number of aliphatic hydroxyl groups is 2. The van der Waals surface area contributed by atoms with Crippen LogP contribution in [0, 0.1) is 0 Å². The zero-order valence-electron chi connectivity index (χ0n) is 28.0. The first-order valence-corrected chi connectivity index (χ1v) is 16.7. The summed E-state index contributed by atoms with van der Waals surface area (Å²) in [5.41, 5.74) is 0.0704. The van der Waals surface area contributed by atoms with Gasteiger partial charge in [-0.2, -0.15) is 15.0 Å². The highest BCUT2D eigenvalue weighted by Gasteiger charge is 2.32. The van der Waals surface area contributed by atoms with Crippen LogP contribution in [0.3, 0.4) is 0 Å². The van der Waals surface area contributed by atoms with E-state index in [9.17, 15) is 19.8 Å². The van der Waals surface area contributed by atoms with Crippen molar-refractivity contribution in [1.29, 1.82) is 0 Å². The van der Waals surface area contributed by atoms with Crippen molar-refractivity contribution >= 4 is 23.8 Å². The molecule has 11 heteroatoms. The zero-order chi connectivity index (χ0) is 33.8. The first kappa shape index (κ1) is 38.4. The Bertz CT molecular complexity index is 1200. The molecule has 1 aromatic carbocycles. The van der Waals surface area contributed by atoms with Crippen molar-refractivity contribution < 1.29 is 29.5 Å². The average Bonchev–Trinajstić information content (AvgIpc) is 3.07. The Morgan fingerprint density at radius 2 is 1.28 bits per heavy atom. The molecule has 2 N–H and O–H groups in total. The number of benzene rings is 1. The molecule has 0 saturated heterocycles. The second-order valence-electron chi connectivity index (χ2n) is 11.4. The van der Waals surface area contributed by atoms with Crippen LogP contribution in [0.15, 0.2) is 49.6 Å². The van der Waals surface area contributed by atoms with Gasteiger partial charge in [-0.3, -0.25) is 9.68 Å². The van der Waals surface area contributed by atoms with Gasteiger partial charge >= 0.3 is 17.9 Å². The van der Waals surface area contributed by atoms with E-state index in [0.717, 1.165) is 50.7 Å². The number of aliphatic hydroxyl groups excluding tert-OH is 1. The van der Waals surface area contributed by atoms with Crippen molar-refractivity contribution in [2.45, 2.75) is 116 Å². The number of anilines is 2. The van der Waals surface area contributed by atoms with Crippen molar-refractivity contribution in [2.24, 2.45) is 0 Å². The smallest absolute Gasteiger partial charge is 0.359 e. The fourth-order valence-corrected chi connectivity index (χ4v) is 5.21. The minimum atomic E-state index is -1.15. The number of carbonyl (C=O) groups is 2. The summed E-state index contributed by atoms with van der Waals surface area (Å²) >= 11 is 0. The fourth-order valence-electron chi connectivity index (χ4n) is 5.21. The molecule has 0 atom stereocenters. The summed E-state index contributed by atoms with van der Waals surface area (Å²) in [5.74, 6) is -2.00. The molecule has 1 aromatic heterocycles. The number of aromatic nitrogens is 3. The van der Waals surface area contributed by atoms with E-state index in [1.165, 1.54) is 43.4 Å². The summed E-state index contributed by atoms with van der Waals surface area (Å²) in [6.07, 6.45) is 16.1. The van der Waals surface area contributed by atoms with Gasteiger partial charge in [0.15, 0.2) is 5.82 Å². The highest BCUT2D eigenvalue weighted by Crippen LogP contribution is 2.39. The van der Waals surface area contributed by atoms with Gasteiger partial charge in [0.2, 0.25) is 5.95 Å². The Morgan fingerprint density at radius 1 is 0.783 bits per heavy atom. The van der Waals surface area contributed by atoms with Gasteiger partial charge < -0.3 is 15.1 Å². The van der Waals surface area contributed by atoms with Gasteiger partial charge in [0.1, 0.15) is 6.73 Å². The van der Waals surface area contributed by atoms with Crippen molar-refractivity contribution in [3.8, 4) is 11.4 Å². The number of carbonyl (C=O) groups excluding carboxylic acids is 2. The predicted molar refractivity (Wildman–Crippen MR) is 180 cm³/mol. The predicted octanol–water partition coefficient (Wildman–Crippen LogP) is 7.10. The summed E-state index contributed by atoms with van der Waals surface area (Å²) in [5, 5.41) is 22.9. The maximum Gasteiger partial charge on any atom is 0.359 e. The van der Waals surface area contributed by atoms with Crippen molar-refractivity contribution in [2.75, 3.05) is 23.4 Å². The highest BCUT2D eigenvalue weighted by atomic mass is 17.0. The number of unbranched alkanes of at least 4 members (excludes halogenated alkanes) is 10. The number of rotatable bonds is 24. The number of hydrogen-bond donors (Lipinski definition) is 2. The molecule has 11 nitrogen and oxygen atoms in total. The summed E-state index contributed by atoms with van der Waals surface area (Å²) in [6.45, 7) is 12.9. The summed E-state index contributed by atoms with van der Waals surface area (Å²) < 4.78 is 0. The monoisotopic (exact) mass is 639 g/mol.